The second-order valence-electron chi connectivity index (χ2n) is 8.45. The highest BCUT2D eigenvalue weighted by atomic mass is 16.2. The summed E-state index contributed by atoms with van der Waals surface area (Å²) in [6.45, 7) is 10.3. The van der Waals surface area contributed by atoms with Crippen molar-refractivity contribution in [3.63, 3.8) is 0 Å². The zero-order valence-corrected chi connectivity index (χ0v) is 16.3. The predicted octanol–water partition coefficient (Wildman–Crippen LogP) is 2.55. The summed E-state index contributed by atoms with van der Waals surface area (Å²) in [7, 11) is 0. The van der Waals surface area contributed by atoms with Crippen molar-refractivity contribution in [3.05, 3.63) is 29.8 Å². The van der Waals surface area contributed by atoms with Crippen LogP contribution >= 0.6 is 0 Å². The molecule has 1 fully saturated rings. The fourth-order valence-corrected chi connectivity index (χ4v) is 3.88. The van der Waals surface area contributed by atoms with E-state index in [1.54, 1.807) is 0 Å². The van der Waals surface area contributed by atoms with Gasteiger partial charge in [-0.15, -0.1) is 0 Å². The lowest BCUT2D eigenvalue weighted by molar-refractivity contribution is -0.139. The van der Waals surface area contributed by atoms with Crippen LogP contribution in [0.25, 0.3) is 0 Å². The van der Waals surface area contributed by atoms with Crippen LogP contribution in [0.1, 0.15) is 39.2 Å². The smallest absolute Gasteiger partial charge is 0.241 e. The lowest BCUT2D eigenvalue weighted by atomic mass is 9.94. The van der Waals surface area contributed by atoms with E-state index in [9.17, 15) is 9.59 Å². The molecule has 0 aliphatic carbocycles. The van der Waals surface area contributed by atoms with Crippen LogP contribution in [0.15, 0.2) is 24.3 Å². The minimum atomic E-state index is -0.345. The van der Waals surface area contributed by atoms with Crippen molar-refractivity contribution in [2.24, 2.45) is 5.41 Å². The SMILES string of the molecule is CC(C)(C)C(=O)N1CCCN(CC(=O)N2CCCc3ccccc32)CC1. The van der Waals surface area contributed by atoms with Gasteiger partial charge in [0, 0.05) is 43.8 Å². The Morgan fingerprint density at radius 1 is 0.962 bits per heavy atom. The molecule has 2 heterocycles. The molecule has 0 saturated carbocycles. The van der Waals surface area contributed by atoms with Gasteiger partial charge in [-0.05, 0) is 30.9 Å². The summed E-state index contributed by atoms with van der Waals surface area (Å²) in [5.74, 6) is 0.378. The van der Waals surface area contributed by atoms with Crippen molar-refractivity contribution < 1.29 is 9.59 Å². The molecule has 1 aromatic carbocycles. The summed E-state index contributed by atoms with van der Waals surface area (Å²) in [4.78, 5) is 31.5. The Bertz CT molecular complexity index is 665. The summed E-state index contributed by atoms with van der Waals surface area (Å²) < 4.78 is 0. The van der Waals surface area contributed by atoms with E-state index in [2.05, 4.69) is 17.0 Å². The number of rotatable bonds is 2. The van der Waals surface area contributed by atoms with Crippen molar-refractivity contribution in [3.8, 4) is 0 Å². The quantitative estimate of drug-likeness (QED) is 0.817. The van der Waals surface area contributed by atoms with E-state index in [1.165, 1.54) is 5.56 Å². The van der Waals surface area contributed by atoms with Crippen molar-refractivity contribution >= 4 is 17.5 Å². The van der Waals surface area contributed by atoms with Gasteiger partial charge in [0.25, 0.3) is 0 Å². The number of anilines is 1. The molecule has 0 bridgehead atoms. The first-order valence-corrected chi connectivity index (χ1v) is 9.76. The average Bonchev–Trinajstić information content (AvgIpc) is 2.85. The van der Waals surface area contributed by atoms with Gasteiger partial charge in [0.15, 0.2) is 0 Å². The number of carbonyl (C=O) groups excluding carboxylic acids is 2. The lowest BCUT2D eigenvalue weighted by Gasteiger charge is -2.31. The zero-order valence-electron chi connectivity index (χ0n) is 16.3. The summed E-state index contributed by atoms with van der Waals surface area (Å²) in [5.41, 5.74) is 2.00. The fourth-order valence-electron chi connectivity index (χ4n) is 3.88. The molecular weight excluding hydrogens is 326 g/mol. The van der Waals surface area contributed by atoms with Gasteiger partial charge in [0.2, 0.25) is 11.8 Å². The summed E-state index contributed by atoms with van der Waals surface area (Å²) in [6.07, 6.45) is 3.00. The Kier molecular flexibility index (Phi) is 5.66. The van der Waals surface area contributed by atoms with Crippen molar-refractivity contribution in [2.45, 2.75) is 40.0 Å². The highest BCUT2D eigenvalue weighted by molar-refractivity contribution is 5.96. The maximum atomic E-state index is 12.9. The molecule has 5 nitrogen and oxygen atoms in total. The summed E-state index contributed by atoms with van der Waals surface area (Å²) in [6, 6.07) is 8.23. The molecular formula is C21H31N3O2. The van der Waals surface area contributed by atoms with Crippen LogP contribution in [0.5, 0.6) is 0 Å². The molecule has 1 saturated heterocycles. The van der Waals surface area contributed by atoms with Crippen molar-refractivity contribution in [2.75, 3.05) is 44.2 Å². The zero-order chi connectivity index (χ0) is 18.7. The third-order valence-corrected chi connectivity index (χ3v) is 5.29. The van der Waals surface area contributed by atoms with E-state index < -0.39 is 0 Å². The van der Waals surface area contributed by atoms with Crippen LogP contribution in [0.4, 0.5) is 5.69 Å². The monoisotopic (exact) mass is 357 g/mol. The summed E-state index contributed by atoms with van der Waals surface area (Å²) in [5, 5.41) is 0. The maximum Gasteiger partial charge on any atom is 0.241 e. The molecule has 2 aliphatic heterocycles. The summed E-state index contributed by atoms with van der Waals surface area (Å²) >= 11 is 0. The number of hydrogen-bond acceptors (Lipinski definition) is 3. The first kappa shape index (κ1) is 18.9. The van der Waals surface area contributed by atoms with Crippen LogP contribution in [0, 0.1) is 5.41 Å². The molecule has 2 amide bonds. The predicted molar refractivity (Wildman–Crippen MR) is 104 cm³/mol. The topological polar surface area (TPSA) is 43.9 Å². The molecule has 26 heavy (non-hydrogen) atoms. The Morgan fingerprint density at radius 2 is 1.73 bits per heavy atom. The minimum Gasteiger partial charge on any atom is -0.341 e. The molecule has 142 valence electrons. The van der Waals surface area contributed by atoms with E-state index in [4.69, 9.17) is 0 Å². The Labute approximate surface area is 156 Å². The molecule has 0 spiro atoms. The Morgan fingerprint density at radius 3 is 2.50 bits per heavy atom. The van der Waals surface area contributed by atoms with E-state index in [0.717, 1.165) is 51.1 Å². The Balaban J connectivity index is 1.60. The number of para-hydroxylation sites is 1. The molecule has 0 unspecified atom stereocenters. The lowest BCUT2D eigenvalue weighted by Crippen LogP contribution is -2.45. The van der Waals surface area contributed by atoms with Crippen molar-refractivity contribution in [1.29, 1.82) is 0 Å². The molecule has 1 aromatic rings. The molecule has 3 rings (SSSR count). The van der Waals surface area contributed by atoms with Crippen LogP contribution in [0.3, 0.4) is 0 Å². The van der Waals surface area contributed by atoms with E-state index in [1.807, 2.05) is 42.7 Å². The Hall–Kier alpha value is -1.88. The highest BCUT2D eigenvalue weighted by Crippen LogP contribution is 2.27. The van der Waals surface area contributed by atoms with Gasteiger partial charge < -0.3 is 9.80 Å². The first-order chi connectivity index (χ1) is 12.4. The number of fused-ring (bicyclic) bond motifs is 1. The average molecular weight is 357 g/mol. The van der Waals surface area contributed by atoms with E-state index in [-0.39, 0.29) is 17.2 Å². The molecule has 0 N–H and O–H groups in total. The van der Waals surface area contributed by atoms with Gasteiger partial charge in [-0.2, -0.15) is 0 Å². The van der Waals surface area contributed by atoms with Crippen LogP contribution in [-0.2, 0) is 16.0 Å². The maximum absolute atomic E-state index is 12.9. The van der Waals surface area contributed by atoms with Gasteiger partial charge in [-0.1, -0.05) is 39.0 Å². The van der Waals surface area contributed by atoms with Gasteiger partial charge in [-0.25, -0.2) is 0 Å². The number of aryl methyl sites for hydroxylation is 1. The third kappa shape index (κ3) is 4.26. The highest BCUT2D eigenvalue weighted by Gasteiger charge is 2.30. The van der Waals surface area contributed by atoms with Crippen LogP contribution in [-0.4, -0.2) is 60.9 Å². The van der Waals surface area contributed by atoms with E-state index >= 15 is 0 Å². The third-order valence-electron chi connectivity index (χ3n) is 5.29. The molecule has 2 aliphatic rings. The number of hydrogen-bond donors (Lipinski definition) is 0. The number of benzene rings is 1. The standard InChI is InChI=1S/C21H31N3O2/c1-21(2,3)20(26)23-12-7-11-22(14-15-23)16-19(25)24-13-6-9-17-8-4-5-10-18(17)24/h4-5,8,10H,6-7,9,11-16H2,1-3H3. The van der Waals surface area contributed by atoms with E-state index in [0.29, 0.717) is 13.1 Å². The largest absolute Gasteiger partial charge is 0.341 e. The molecule has 5 heteroatoms. The fraction of sp³-hybridized carbons (Fsp3) is 0.619. The number of nitrogens with zero attached hydrogens (tertiary/aromatic N) is 3. The van der Waals surface area contributed by atoms with Crippen molar-refractivity contribution in [1.82, 2.24) is 9.80 Å². The molecule has 0 aromatic heterocycles. The number of amides is 2. The first-order valence-electron chi connectivity index (χ1n) is 9.76. The molecule has 0 atom stereocenters. The minimum absolute atomic E-state index is 0.174. The molecule has 0 radical (unpaired) electrons. The van der Waals surface area contributed by atoms with Gasteiger partial charge in [0.1, 0.15) is 0 Å². The van der Waals surface area contributed by atoms with Crippen LogP contribution in [0.2, 0.25) is 0 Å². The van der Waals surface area contributed by atoms with Crippen LogP contribution < -0.4 is 4.90 Å². The second kappa shape index (κ2) is 7.78. The van der Waals surface area contributed by atoms with Gasteiger partial charge in [0.05, 0.1) is 6.54 Å². The second-order valence-corrected chi connectivity index (χ2v) is 8.45. The number of carbonyl (C=O) groups is 2. The normalized spacial score (nSPS) is 19.0. The van der Waals surface area contributed by atoms with Gasteiger partial charge >= 0.3 is 0 Å². The van der Waals surface area contributed by atoms with Gasteiger partial charge in [-0.3, -0.25) is 14.5 Å².